The zero-order chi connectivity index (χ0) is 16.2. The number of hydrogen-bond donors (Lipinski definition) is 1. The van der Waals surface area contributed by atoms with Gasteiger partial charge in [0.1, 0.15) is 5.75 Å². The van der Waals surface area contributed by atoms with Crippen LogP contribution in [0.1, 0.15) is 75.3 Å². The van der Waals surface area contributed by atoms with Gasteiger partial charge in [-0.1, -0.05) is 19.9 Å². The van der Waals surface area contributed by atoms with Gasteiger partial charge < -0.3 is 9.84 Å². The van der Waals surface area contributed by atoms with Crippen LogP contribution in [0.3, 0.4) is 0 Å². The second kappa shape index (κ2) is 5.51. The van der Waals surface area contributed by atoms with Crippen molar-refractivity contribution in [2.24, 2.45) is 17.3 Å². The molecule has 3 aliphatic carbocycles. The van der Waals surface area contributed by atoms with Gasteiger partial charge >= 0.3 is 0 Å². The number of aliphatic hydroxyl groups excluding tert-OH is 1. The minimum Gasteiger partial charge on any atom is -0.497 e. The van der Waals surface area contributed by atoms with Crippen LogP contribution in [0.15, 0.2) is 18.2 Å². The van der Waals surface area contributed by atoms with E-state index in [9.17, 15) is 5.11 Å². The molecule has 2 saturated carbocycles. The molecule has 1 aromatic rings. The van der Waals surface area contributed by atoms with Crippen LogP contribution < -0.4 is 4.74 Å². The van der Waals surface area contributed by atoms with Crippen LogP contribution in [-0.2, 0) is 0 Å². The highest BCUT2D eigenvalue weighted by Crippen LogP contribution is 2.63. The van der Waals surface area contributed by atoms with Gasteiger partial charge in [0.2, 0.25) is 0 Å². The third-order valence-corrected chi connectivity index (χ3v) is 7.62. The van der Waals surface area contributed by atoms with Crippen LogP contribution in [0.5, 0.6) is 5.75 Å². The van der Waals surface area contributed by atoms with Crippen molar-refractivity contribution < 1.29 is 9.84 Å². The maximum absolute atomic E-state index is 10.7. The van der Waals surface area contributed by atoms with Gasteiger partial charge in [0.05, 0.1) is 13.2 Å². The van der Waals surface area contributed by atoms with E-state index in [1.165, 1.54) is 31.2 Å². The molecule has 0 aromatic heterocycles. The summed E-state index contributed by atoms with van der Waals surface area (Å²) in [5.74, 6) is 3.77. The van der Waals surface area contributed by atoms with E-state index < -0.39 is 0 Å². The number of hydrogen-bond acceptors (Lipinski definition) is 2. The normalized spacial score (nSPS) is 41.8. The van der Waals surface area contributed by atoms with Gasteiger partial charge in [-0.05, 0) is 90.9 Å². The van der Waals surface area contributed by atoms with E-state index in [1.807, 2.05) is 0 Å². The Kier molecular flexibility index (Phi) is 3.72. The van der Waals surface area contributed by atoms with Crippen molar-refractivity contribution in [2.45, 2.75) is 70.3 Å². The lowest BCUT2D eigenvalue weighted by atomic mass is 9.53. The SMILES string of the molecule is CC[C@]12CC[C@@H]3c4ccc(OC)cc4C(C)C[C@H]3[C@@H]1CC[C@@H]2O. The van der Waals surface area contributed by atoms with Crippen LogP contribution in [0.25, 0.3) is 0 Å². The Labute approximate surface area is 140 Å². The molecule has 4 rings (SSSR count). The van der Waals surface area contributed by atoms with Gasteiger partial charge in [0.25, 0.3) is 0 Å². The summed E-state index contributed by atoms with van der Waals surface area (Å²) in [5.41, 5.74) is 3.29. The van der Waals surface area contributed by atoms with Crippen LogP contribution >= 0.6 is 0 Å². The van der Waals surface area contributed by atoms with Crippen molar-refractivity contribution in [1.29, 1.82) is 0 Å². The van der Waals surface area contributed by atoms with Gasteiger partial charge in [0, 0.05) is 0 Å². The summed E-state index contributed by atoms with van der Waals surface area (Å²) in [6, 6.07) is 6.73. The van der Waals surface area contributed by atoms with E-state index in [2.05, 4.69) is 32.0 Å². The molecule has 1 N–H and O–H groups in total. The maximum Gasteiger partial charge on any atom is 0.119 e. The molecule has 0 saturated heterocycles. The van der Waals surface area contributed by atoms with E-state index >= 15 is 0 Å². The van der Waals surface area contributed by atoms with E-state index in [-0.39, 0.29) is 11.5 Å². The maximum atomic E-state index is 10.7. The van der Waals surface area contributed by atoms with E-state index in [0.717, 1.165) is 30.4 Å². The molecule has 2 heteroatoms. The number of fused-ring (bicyclic) bond motifs is 5. The van der Waals surface area contributed by atoms with Gasteiger partial charge in [0.15, 0.2) is 0 Å². The summed E-state index contributed by atoms with van der Waals surface area (Å²) < 4.78 is 5.45. The Bertz CT molecular complexity index is 596. The van der Waals surface area contributed by atoms with Crippen molar-refractivity contribution in [3.63, 3.8) is 0 Å². The first kappa shape index (κ1) is 15.5. The third kappa shape index (κ3) is 2.10. The van der Waals surface area contributed by atoms with E-state index in [4.69, 9.17) is 4.74 Å². The number of methoxy groups -OCH3 is 1. The summed E-state index contributed by atoms with van der Waals surface area (Å²) in [7, 11) is 1.76. The van der Waals surface area contributed by atoms with Crippen LogP contribution in [0.4, 0.5) is 0 Å². The first-order valence-electron chi connectivity index (χ1n) is 9.46. The molecule has 0 amide bonds. The van der Waals surface area contributed by atoms with Gasteiger partial charge in [-0.2, -0.15) is 0 Å². The number of ether oxygens (including phenoxy) is 1. The molecular formula is C21H30O2. The molecule has 0 aliphatic heterocycles. The fraction of sp³-hybridized carbons (Fsp3) is 0.714. The molecule has 2 nitrogen and oxygen atoms in total. The summed E-state index contributed by atoms with van der Waals surface area (Å²) >= 11 is 0. The highest BCUT2D eigenvalue weighted by atomic mass is 16.5. The third-order valence-electron chi connectivity index (χ3n) is 7.62. The Hall–Kier alpha value is -1.02. The lowest BCUT2D eigenvalue weighted by molar-refractivity contribution is -0.0411. The first-order valence-corrected chi connectivity index (χ1v) is 9.46. The largest absolute Gasteiger partial charge is 0.497 e. The number of benzene rings is 1. The molecule has 0 heterocycles. The molecule has 6 atom stereocenters. The highest BCUT2D eigenvalue weighted by Gasteiger charge is 2.56. The summed E-state index contributed by atoms with van der Waals surface area (Å²) in [5, 5.41) is 10.7. The van der Waals surface area contributed by atoms with Crippen LogP contribution in [0.2, 0.25) is 0 Å². The molecule has 3 aliphatic rings. The molecule has 2 fully saturated rings. The molecule has 1 unspecified atom stereocenters. The average Bonchev–Trinajstić information content (AvgIpc) is 2.92. The summed E-state index contributed by atoms with van der Waals surface area (Å²) in [6.45, 7) is 4.68. The average molecular weight is 314 g/mol. The van der Waals surface area contributed by atoms with Crippen molar-refractivity contribution in [2.75, 3.05) is 7.11 Å². The Morgan fingerprint density at radius 3 is 2.78 bits per heavy atom. The molecule has 0 radical (unpaired) electrons. The Morgan fingerprint density at radius 2 is 2.04 bits per heavy atom. The first-order chi connectivity index (χ1) is 11.1. The van der Waals surface area contributed by atoms with Crippen LogP contribution in [-0.4, -0.2) is 18.3 Å². The standard InChI is InChI=1S/C21H30O2/c1-4-21-10-9-16-15-6-5-14(23-3)12-17(15)13(2)11-18(16)19(21)7-8-20(21)22/h5-6,12-13,16,18-20,22H,4,7-11H2,1-3H3/t13?,16-,18-,19+,20+,21+/m1/s1. The molecule has 0 bridgehead atoms. The van der Waals surface area contributed by atoms with Crippen LogP contribution in [0, 0.1) is 17.3 Å². The van der Waals surface area contributed by atoms with Gasteiger partial charge in [-0.15, -0.1) is 0 Å². The predicted molar refractivity (Wildman–Crippen MR) is 92.9 cm³/mol. The minimum absolute atomic E-state index is 0.0639. The van der Waals surface area contributed by atoms with Crippen molar-refractivity contribution in [1.82, 2.24) is 0 Å². The second-order valence-corrected chi connectivity index (χ2v) is 8.23. The number of aliphatic hydroxyl groups is 1. The fourth-order valence-electron chi connectivity index (χ4n) is 6.44. The van der Waals surface area contributed by atoms with Gasteiger partial charge in [-0.3, -0.25) is 0 Å². The molecule has 126 valence electrons. The lowest BCUT2D eigenvalue weighted by Crippen LogP contribution is -2.45. The molecular weight excluding hydrogens is 284 g/mol. The fourth-order valence-corrected chi connectivity index (χ4v) is 6.44. The molecule has 1 aromatic carbocycles. The molecule has 23 heavy (non-hydrogen) atoms. The van der Waals surface area contributed by atoms with Gasteiger partial charge in [-0.25, -0.2) is 0 Å². The monoisotopic (exact) mass is 314 g/mol. The quantitative estimate of drug-likeness (QED) is 0.844. The van der Waals surface area contributed by atoms with E-state index in [1.54, 1.807) is 12.7 Å². The highest BCUT2D eigenvalue weighted by molar-refractivity contribution is 5.42. The molecule has 0 spiro atoms. The minimum atomic E-state index is -0.0639. The summed E-state index contributed by atoms with van der Waals surface area (Å²) in [6.07, 6.45) is 7.07. The topological polar surface area (TPSA) is 29.5 Å². The Balaban J connectivity index is 1.73. The second-order valence-electron chi connectivity index (χ2n) is 8.23. The smallest absolute Gasteiger partial charge is 0.119 e. The zero-order valence-corrected chi connectivity index (χ0v) is 14.7. The Morgan fingerprint density at radius 1 is 1.22 bits per heavy atom. The lowest BCUT2D eigenvalue weighted by Gasteiger charge is -2.52. The number of rotatable bonds is 2. The predicted octanol–water partition coefficient (Wildman–Crippen LogP) is 4.86. The van der Waals surface area contributed by atoms with Crippen molar-refractivity contribution in [3.05, 3.63) is 29.3 Å². The van der Waals surface area contributed by atoms with E-state index in [0.29, 0.717) is 11.8 Å². The summed E-state index contributed by atoms with van der Waals surface area (Å²) in [4.78, 5) is 0. The van der Waals surface area contributed by atoms with Crippen molar-refractivity contribution in [3.8, 4) is 5.75 Å². The zero-order valence-electron chi connectivity index (χ0n) is 14.7. The van der Waals surface area contributed by atoms with Crippen molar-refractivity contribution >= 4 is 0 Å².